The molecular formula is C13H21F3N2O3S. The molecule has 0 aliphatic carbocycles. The topological polar surface area (TPSA) is 64.8 Å². The minimum Gasteiger partial charge on any atom is -0.383 e. The Labute approximate surface area is 130 Å². The molecule has 2 N–H and O–H groups in total. The lowest BCUT2D eigenvalue weighted by Gasteiger charge is -2.26. The maximum absolute atomic E-state index is 12.3. The van der Waals surface area contributed by atoms with Crippen LogP contribution in [-0.2, 0) is 9.47 Å². The van der Waals surface area contributed by atoms with Crippen molar-refractivity contribution >= 4 is 17.3 Å². The molecule has 0 bridgehead atoms. The molecule has 0 aliphatic heterocycles. The standard InChI is InChI=1S/C7H7NO.C6H14F3NO2S/c8-7(9)6-4-2-1-3-5-6;1-11-5-3-10(4-6-12-2)13(7,8)9/h1-5H,(H2,8,9);3-6H2,1-2H3. The molecule has 0 fully saturated rings. The summed E-state index contributed by atoms with van der Waals surface area (Å²) >= 11 is -5.14. The van der Waals surface area contributed by atoms with Gasteiger partial charge in [-0.3, -0.25) is 4.79 Å². The van der Waals surface area contributed by atoms with Gasteiger partial charge >= 0.3 is 0 Å². The van der Waals surface area contributed by atoms with Crippen molar-refractivity contribution in [3.8, 4) is 0 Å². The summed E-state index contributed by atoms with van der Waals surface area (Å²) in [4.78, 5) is 10.4. The second-order valence-corrected chi connectivity index (χ2v) is 5.31. The number of hydrogen-bond acceptors (Lipinski definition) is 4. The van der Waals surface area contributed by atoms with Crippen LogP contribution in [0.15, 0.2) is 30.3 Å². The lowest BCUT2D eigenvalue weighted by atomic mass is 10.2. The summed E-state index contributed by atoms with van der Waals surface area (Å²) in [6.07, 6.45) is 0. The zero-order valence-electron chi connectivity index (χ0n) is 12.5. The molecule has 1 aromatic carbocycles. The summed E-state index contributed by atoms with van der Waals surface area (Å²) in [5.41, 5.74) is 5.53. The molecule has 0 saturated carbocycles. The Morgan fingerprint density at radius 1 is 1.09 bits per heavy atom. The van der Waals surface area contributed by atoms with Gasteiger partial charge < -0.3 is 15.2 Å². The number of hydrogen-bond donors (Lipinski definition) is 1. The third-order valence-electron chi connectivity index (χ3n) is 2.44. The number of primary amides is 1. The SMILES string of the molecule is COCCN(CCOC)S(F)(F)F.NC(=O)c1ccccc1. The van der Waals surface area contributed by atoms with Crippen molar-refractivity contribution in [3.63, 3.8) is 0 Å². The molecule has 0 spiro atoms. The Morgan fingerprint density at radius 3 is 1.82 bits per heavy atom. The number of methoxy groups -OCH3 is 2. The van der Waals surface area contributed by atoms with Gasteiger partial charge in [0.25, 0.3) is 11.4 Å². The van der Waals surface area contributed by atoms with Gasteiger partial charge in [0.15, 0.2) is 0 Å². The smallest absolute Gasteiger partial charge is 0.278 e. The minimum absolute atomic E-state index is 0.0796. The quantitative estimate of drug-likeness (QED) is 0.789. The van der Waals surface area contributed by atoms with Crippen LogP contribution in [0.1, 0.15) is 10.4 Å². The molecule has 5 nitrogen and oxygen atoms in total. The van der Waals surface area contributed by atoms with Crippen LogP contribution in [0.25, 0.3) is 0 Å². The molecule has 0 aliphatic rings. The Balaban J connectivity index is 0.000000425. The molecule has 0 radical (unpaired) electrons. The van der Waals surface area contributed by atoms with E-state index in [9.17, 15) is 16.5 Å². The van der Waals surface area contributed by atoms with E-state index in [0.29, 0.717) is 9.87 Å². The van der Waals surface area contributed by atoms with Gasteiger partial charge in [-0.15, -0.1) is 11.7 Å². The van der Waals surface area contributed by atoms with Crippen LogP contribution in [0.5, 0.6) is 0 Å². The average Bonchev–Trinajstić information content (AvgIpc) is 2.47. The molecule has 0 heterocycles. The number of amides is 1. The van der Waals surface area contributed by atoms with Crippen LogP contribution in [-0.4, -0.2) is 50.7 Å². The van der Waals surface area contributed by atoms with Gasteiger partial charge in [-0.1, -0.05) is 18.2 Å². The summed E-state index contributed by atoms with van der Waals surface area (Å²) in [7, 11) is 2.75. The van der Waals surface area contributed by atoms with Crippen LogP contribution in [0.3, 0.4) is 0 Å². The van der Waals surface area contributed by atoms with Crippen LogP contribution in [0.2, 0.25) is 0 Å². The van der Waals surface area contributed by atoms with E-state index in [4.69, 9.17) is 5.73 Å². The zero-order chi connectivity index (χ0) is 17.0. The molecule has 22 heavy (non-hydrogen) atoms. The van der Waals surface area contributed by atoms with Crippen molar-refractivity contribution in [3.05, 3.63) is 35.9 Å². The number of rotatable bonds is 8. The van der Waals surface area contributed by atoms with E-state index in [1.165, 1.54) is 14.2 Å². The van der Waals surface area contributed by atoms with Gasteiger partial charge in [-0.05, 0) is 12.1 Å². The Morgan fingerprint density at radius 2 is 1.55 bits per heavy atom. The third kappa shape index (κ3) is 9.61. The Hall–Kier alpha value is -1.29. The fourth-order valence-electron chi connectivity index (χ4n) is 1.31. The highest BCUT2D eigenvalue weighted by molar-refractivity contribution is 8.18. The molecular weight excluding hydrogens is 321 g/mol. The Bertz CT molecular complexity index is 411. The van der Waals surface area contributed by atoms with Gasteiger partial charge in [-0.25, -0.2) is 0 Å². The number of benzene rings is 1. The number of ether oxygens (including phenoxy) is 2. The number of nitrogens with zero attached hydrogens (tertiary/aromatic N) is 1. The molecule has 0 unspecified atom stereocenters. The predicted octanol–water partition coefficient (Wildman–Crippen LogP) is 2.74. The summed E-state index contributed by atoms with van der Waals surface area (Å²) in [5, 5.41) is 0. The summed E-state index contributed by atoms with van der Waals surface area (Å²) in [6.45, 7) is -0.0934. The molecule has 128 valence electrons. The van der Waals surface area contributed by atoms with E-state index >= 15 is 0 Å². The third-order valence-corrected chi connectivity index (χ3v) is 3.39. The molecule has 1 amide bonds. The highest BCUT2D eigenvalue weighted by atomic mass is 32.3. The fourth-order valence-corrected chi connectivity index (χ4v) is 1.87. The van der Waals surface area contributed by atoms with E-state index in [1.54, 1.807) is 24.3 Å². The van der Waals surface area contributed by atoms with Gasteiger partial charge in [-0.2, -0.15) is 4.31 Å². The number of nitrogens with two attached hydrogens (primary N) is 1. The Kier molecular flexibility index (Phi) is 10.6. The minimum atomic E-state index is -5.14. The molecule has 1 rings (SSSR count). The van der Waals surface area contributed by atoms with Crippen molar-refractivity contribution in [2.75, 3.05) is 40.5 Å². The van der Waals surface area contributed by atoms with Crippen LogP contribution in [0, 0.1) is 0 Å². The maximum Gasteiger partial charge on any atom is 0.278 e. The molecule has 0 saturated heterocycles. The van der Waals surface area contributed by atoms with E-state index in [0.717, 1.165) is 0 Å². The van der Waals surface area contributed by atoms with Gasteiger partial charge in [0, 0.05) is 32.9 Å². The van der Waals surface area contributed by atoms with Crippen LogP contribution >= 0.6 is 11.4 Å². The highest BCUT2D eigenvalue weighted by Crippen LogP contribution is 2.56. The second-order valence-electron chi connectivity index (χ2n) is 4.03. The van der Waals surface area contributed by atoms with E-state index in [2.05, 4.69) is 9.47 Å². The average molecular weight is 342 g/mol. The van der Waals surface area contributed by atoms with Gasteiger partial charge in [0.05, 0.1) is 13.2 Å². The van der Waals surface area contributed by atoms with Crippen molar-refractivity contribution in [2.45, 2.75) is 0 Å². The van der Waals surface area contributed by atoms with E-state index < -0.39 is 11.4 Å². The van der Waals surface area contributed by atoms with Gasteiger partial charge in [0.2, 0.25) is 5.91 Å². The summed E-state index contributed by atoms with van der Waals surface area (Å²) in [6, 6.07) is 8.76. The van der Waals surface area contributed by atoms with Gasteiger partial charge in [0.1, 0.15) is 0 Å². The lowest BCUT2D eigenvalue weighted by Crippen LogP contribution is -2.28. The first-order valence-electron chi connectivity index (χ1n) is 6.33. The molecule has 1 aromatic rings. The number of halogens is 3. The zero-order valence-corrected chi connectivity index (χ0v) is 13.3. The molecule has 9 heteroatoms. The number of carbonyl (C=O) groups is 1. The highest BCUT2D eigenvalue weighted by Gasteiger charge is 2.30. The summed E-state index contributed by atoms with van der Waals surface area (Å²) < 4.78 is 46.4. The monoisotopic (exact) mass is 342 g/mol. The predicted molar refractivity (Wildman–Crippen MR) is 81.2 cm³/mol. The molecule has 0 atom stereocenters. The van der Waals surface area contributed by atoms with Crippen LogP contribution in [0.4, 0.5) is 11.7 Å². The first-order valence-corrected chi connectivity index (χ1v) is 7.62. The van der Waals surface area contributed by atoms with Crippen molar-refractivity contribution in [1.82, 2.24) is 4.31 Å². The largest absolute Gasteiger partial charge is 0.383 e. The lowest BCUT2D eigenvalue weighted by molar-refractivity contribution is 0.100. The second kappa shape index (κ2) is 11.3. The summed E-state index contributed by atoms with van der Waals surface area (Å²) in [5.74, 6) is -0.379. The first-order chi connectivity index (χ1) is 10.3. The van der Waals surface area contributed by atoms with Crippen molar-refractivity contribution in [2.24, 2.45) is 5.73 Å². The normalized spacial score (nSPS) is 11.7. The van der Waals surface area contributed by atoms with E-state index in [-0.39, 0.29) is 32.2 Å². The fraction of sp³-hybridized carbons (Fsp3) is 0.462. The van der Waals surface area contributed by atoms with Crippen molar-refractivity contribution < 1.29 is 25.9 Å². The maximum atomic E-state index is 12.3. The van der Waals surface area contributed by atoms with Crippen LogP contribution < -0.4 is 5.73 Å². The van der Waals surface area contributed by atoms with Crippen molar-refractivity contribution in [1.29, 1.82) is 0 Å². The first kappa shape index (κ1) is 20.7. The number of carbonyl (C=O) groups excluding carboxylic acids is 1. The molecule has 0 aromatic heterocycles. The van der Waals surface area contributed by atoms with E-state index in [1.807, 2.05) is 6.07 Å².